The number of carboxylic acids is 1. The van der Waals surface area contributed by atoms with Crippen LogP contribution < -0.4 is 5.32 Å². The van der Waals surface area contributed by atoms with Gasteiger partial charge in [0.1, 0.15) is 5.54 Å². The molecule has 1 saturated carbocycles. The number of nitrogens with one attached hydrogen (secondary N) is 1. The van der Waals surface area contributed by atoms with E-state index < -0.39 is 11.5 Å². The van der Waals surface area contributed by atoms with E-state index >= 15 is 0 Å². The second kappa shape index (κ2) is 4.02. The summed E-state index contributed by atoms with van der Waals surface area (Å²) in [5.74, 6) is -0.605. The van der Waals surface area contributed by atoms with Gasteiger partial charge in [0.2, 0.25) is 5.91 Å². The zero-order valence-corrected chi connectivity index (χ0v) is 10.5. The fourth-order valence-electron chi connectivity index (χ4n) is 2.22. The molecule has 0 bridgehead atoms. The van der Waals surface area contributed by atoms with E-state index in [1.807, 2.05) is 24.3 Å². The molecule has 0 spiro atoms. The number of benzene rings is 1. The van der Waals surface area contributed by atoms with E-state index in [4.69, 9.17) is 5.11 Å². The van der Waals surface area contributed by atoms with Crippen LogP contribution in [-0.4, -0.2) is 28.3 Å². The smallest absolute Gasteiger partial charge is 0.329 e. The summed E-state index contributed by atoms with van der Waals surface area (Å²) in [4.78, 5) is 24.4. The molecule has 1 aromatic carbocycles. The zero-order chi connectivity index (χ0) is 12.8. The highest BCUT2D eigenvalue weighted by Crippen LogP contribution is 2.41. The lowest BCUT2D eigenvalue weighted by Gasteiger charge is -2.16. The van der Waals surface area contributed by atoms with Crippen LogP contribution in [0.5, 0.6) is 0 Å². The first kappa shape index (κ1) is 11.6. The number of carbonyl (C=O) groups excluding carboxylic acids is 1. The number of carbonyl (C=O) groups is 2. The van der Waals surface area contributed by atoms with E-state index in [0.29, 0.717) is 18.6 Å². The van der Waals surface area contributed by atoms with E-state index in [2.05, 4.69) is 5.32 Å². The third-order valence-electron chi connectivity index (χ3n) is 3.54. The van der Waals surface area contributed by atoms with E-state index in [1.54, 1.807) is 11.8 Å². The number of carboxylic acid groups (broad SMARTS) is 1. The third kappa shape index (κ3) is 1.79. The molecular formula is C13H13NO3S. The molecule has 1 aromatic rings. The van der Waals surface area contributed by atoms with Crippen LogP contribution >= 0.6 is 11.8 Å². The van der Waals surface area contributed by atoms with Gasteiger partial charge in [-0.05, 0) is 24.5 Å². The van der Waals surface area contributed by atoms with Crippen molar-refractivity contribution in [2.45, 2.75) is 29.2 Å². The largest absolute Gasteiger partial charge is 0.480 e. The van der Waals surface area contributed by atoms with Crippen LogP contribution in [0.25, 0.3) is 0 Å². The van der Waals surface area contributed by atoms with Crippen molar-refractivity contribution in [2.75, 3.05) is 5.75 Å². The van der Waals surface area contributed by atoms with Crippen molar-refractivity contribution >= 4 is 23.6 Å². The van der Waals surface area contributed by atoms with E-state index in [-0.39, 0.29) is 11.8 Å². The fourth-order valence-corrected chi connectivity index (χ4v) is 3.45. The molecule has 0 saturated heterocycles. The van der Waals surface area contributed by atoms with Gasteiger partial charge < -0.3 is 10.4 Å². The first-order chi connectivity index (χ1) is 8.62. The molecule has 1 atom stereocenters. The Morgan fingerprint density at radius 2 is 2.06 bits per heavy atom. The summed E-state index contributed by atoms with van der Waals surface area (Å²) in [5, 5.41) is 11.8. The maximum Gasteiger partial charge on any atom is 0.329 e. The summed E-state index contributed by atoms with van der Waals surface area (Å²) in [6.07, 6.45) is 1.07. The summed E-state index contributed by atoms with van der Waals surface area (Å²) in [6.45, 7) is 0. The molecule has 1 fully saturated rings. The Morgan fingerprint density at radius 3 is 2.72 bits per heavy atom. The van der Waals surface area contributed by atoms with Crippen LogP contribution in [0.3, 0.4) is 0 Å². The van der Waals surface area contributed by atoms with Crippen LogP contribution in [0.15, 0.2) is 29.2 Å². The minimum absolute atomic E-state index is 0.160. The van der Waals surface area contributed by atoms with Crippen molar-refractivity contribution in [2.24, 2.45) is 0 Å². The van der Waals surface area contributed by atoms with Crippen molar-refractivity contribution in [3.05, 3.63) is 29.8 Å². The lowest BCUT2D eigenvalue weighted by atomic mass is 10.00. The van der Waals surface area contributed by atoms with Gasteiger partial charge >= 0.3 is 5.97 Å². The number of aliphatic carboxylic acids is 1. The van der Waals surface area contributed by atoms with Gasteiger partial charge in [-0.15, -0.1) is 11.8 Å². The molecule has 1 amide bonds. The minimum Gasteiger partial charge on any atom is -0.480 e. The van der Waals surface area contributed by atoms with Gasteiger partial charge in [-0.1, -0.05) is 18.2 Å². The Hall–Kier alpha value is -1.49. The molecule has 2 N–H and O–H groups in total. The predicted octanol–water partition coefficient (Wildman–Crippen LogP) is 1.61. The highest BCUT2D eigenvalue weighted by atomic mass is 32.2. The molecule has 1 aliphatic carbocycles. The monoisotopic (exact) mass is 263 g/mol. The molecule has 1 heterocycles. The van der Waals surface area contributed by atoms with Gasteiger partial charge in [0, 0.05) is 10.6 Å². The van der Waals surface area contributed by atoms with E-state index in [1.165, 1.54) is 0 Å². The van der Waals surface area contributed by atoms with Gasteiger partial charge in [0.15, 0.2) is 0 Å². The highest BCUT2D eigenvalue weighted by molar-refractivity contribution is 7.99. The van der Waals surface area contributed by atoms with Gasteiger partial charge in [-0.25, -0.2) is 4.79 Å². The molecule has 1 unspecified atom stereocenters. The minimum atomic E-state index is -0.987. The average Bonchev–Trinajstić information content (AvgIpc) is 3.01. The summed E-state index contributed by atoms with van der Waals surface area (Å²) in [7, 11) is 0. The number of fused-ring (bicyclic) bond motifs is 1. The topological polar surface area (TPSA) is 66.4 Å². The van der Waals surface area contributed by atoms with Gasteiger partial charge in [-0.2, -0.15) is 0 Å². The van der Waals surface area contributed by atoms with Crippen molar-refractivity contribution in [1.29, 1.82) is 0 Å². The van der Waals surface area contributed by atoms with Crippen molar-refractivity contribution in [1.82, 2.24) is 5.32 Å². The molecule has 0 radical (unpaired) electrons. The SMILES string of the molecule is O=C(NC1(C(=O)O)CC1)C1CSc2ccccc21. The molecule has 3 rings (SSSR count). The normalized spacial score (nSPS) is 23.2. The number of amides is 1. The molecule has 1 aliphatic heterocycles. The second-order valence-corrected chi connectivity index (χ2v) is 5.84. The maximum absolute atomic E-state index is 12.2. The van der Waals surface area contributed by atoms with Crippen LogP contribution in [0.4, 0.5) is 0 Å². The molecule has 94 valence electrons. The Bertz CT molecular complexity index is 525. The van der Waals surface area contributed by atoms with Gasteiger partial charge in [0.05, 0.1) is 5.92 Å². The standard InChI is InChI=1S/C13H13NO3S/c15-11(14-13(5-6-13)12(16)17)9-7-18-10-4-2-1-3-8(9)10/h1-4,9H,5-7H2,(H,14,15)(H,16,17). The molecule has 4 nitrogen and oxygen atoms in total. The van der Waals surface area contributed by atoms with Crippen molar-refractivity contribution in [3.8, 4) is 0 Å². The molecule has 18 heavy (non-hydrogen) atoms. The summed E-state index contributed by atoms with van der Waals surface area (Å²) in [5.41, 5.74) is 0.0282. The quantitative estimate of drug-likeness (QED) is 0.869. The third-order valence-corrected chi connectivity index (χ3v) is 4.72. The van der Waals surface area contributed by atoms with Gasteiger partial charge in [-0.3, -0.25) is 4.79 Å². The van der Waals surface area contributed by atoms with Crippen LogP contribution in [0.2, 0.25) is 0 Å². The summed E-state index contributed by atoms with van der Waals surface area (Å²) >= 11 is 1.65. The number of hydrogen-bond donors (Lipinski definition) is 2. The summed E-state index contributed by atoms with van der Waals surface area (Å²) in [6, 6.07) is 7.80. The average molecular weight is 263 g/mol. The van der Waals surface area contributed by atoms with E-state index in [0.717, 1.165) is 10.5 Å². The molecule has 0 aromatic heterocycles. The van der Waals surface area contributed by atoms with Crippen molar-refractivity contribution in [3.63, 3.8) is 0 Å². The summed E-state index contributed by atoms with van der Waals surface area (Å²) < 4.78 is 0. The maximum atomic E-state index is 12.2. The van der Waals surface area contributed by atoms with Crippen LogP contribution in [0, 0.1) is 0 Å². The molecule has 5 heteroatoms. The Kier molecular flexibility index (Phi) is 2.59. The predicted molar refractivity (Wildman–Crippen MR) is 67.7 cm³/mol. The first-order valence-corrected chi connectivity index (χ1v) is 6.88. The van der Waals surface area contributed by atoms with Crippen molar-refractivity contribution < 1.29 is 14.7 Å². The number of hydrogen-bond acceptors (Lipinski definition) is 3. The number of rotatable bonds is 3. The van der Waals surface area contributed by atoms with E-state index in [9.17, 15) is 9.59 Å². The Labute approximate surface area is 109 Å². The van der Waals surface area contributed by atoms with Gasteiger partial charge in [0.25, 0.3) is 0 Å². The Morgan fingerprint density at radius 1 is 1.33 bits per heavy atom. The highest BCUT2D eigenvalue weighted by Gasteiger charge is 2.52. The van der Waals surface area contributed by atoms with Crippen LogP contribution in [0.1, 0.15) is 24.3 Å². The van der Waals surface area contributed by atoms with Crippen LogP contribution in [-0.2, 0) is 9.59 Å². The number of thioether (sulfide) groups is 1. The lowest BCUT2D eigenvalue weighted by Crippen LogP contribution is -2.45. The Balaban J connectivity index is 1.77. The molecule has 2 aliphatic rings. The second-order valence-electron chi connectivity index (χ2n) is 4.78. The zero-order valence-electron chi connectivity index (χ0n) is 9.68. The lowest BCUT2D eigenvalue weighted by molar-refractivity contribution is -0.143. The first-order valence-electron chi connectivity index (χ1n) is 5.89. The molecular weight excluding hydrogens is 250 g/mol. The fraction of sp³-hybridized carbons (Fsp3) is 0.385.